The first kappa shape index (κ1) is 16.9. The van der Waals surface area contributed by atoms with Crippen LogP contribution in [0.5, 0.6) is 0 Å². The summed E-state index contributed by atoms with van der Waals surface area (Å²) >= 11 is 0. The number of carbonyl (C=O) groups excluding carboxylic acids is 1. The molecule has 1 rings (SSSR count). The summed E-state index contributed by atoms with van der Waals surface area (Å²) in [6.07, 6.45) is 0.883. The monoisotopic (exact) mass is 286 g/mol. The second-order valence-corrected chi connectivity index (χ2v) is 5.09. The lowest BCUT2D eigenvalue weighted by molar-refractivity contribution is -0.144. The molecule has 0 radical (unpaired) electrons. The highest BCUT2D eigenvalue weighted by Gasteiger charge is 2.38. The number of amides is 1. The van der Waals surface area contributed by atoms with Gasteiger partial charge in [-0.1, -0.05) is 6.92 Å². The van der Waals surface area contributed by atoms with E-state index in [-0.39, 0.29) is 25.1 Å². The molecule has 0 saturated carbocycles. The van der Waals surface area contributed by atoms with Gasteiger partial charge in [-0.15, -0.1) is 0 Å². The van der Waals surface area contributed by atoms with Gasteiger partial charge >= 0.3 is 5.97 Å². The number of ether oxygens (including phenoxy) is 1. The highest BCUT2D eigenvalue weighted by molar-refractivity contribution is 5.78. The first-order valence-corrected chi connectivity index (χ1v) is 7.37. The quantitative estimate of drug-likeness (QED) is 0.710. The maximum Gasteiger partial charge on any atom is 0.310 e. The van der Waals surface area contributed by atoms with Crippen LogP contribution in [0.3, 0.4) is 0 Å². The third-order valence-corrected chi connectivity index (χ3v) is 3.80. The highest BCUT2D eigenvalue weighted by atomic mass is 16.5. The third kappa shape index (κ3) is 4.18. The molecule has 6 nitrogen and oxygen atoms in total. The molecular weight excluding hydrogens is 260 g/mol. The van der Waals surface area contributed by atoms with Crippen LogP contribution >= 0.6 is 0 Å². The van der Waals surface area contributed by atoms with Crippen LogP contribution in [0, 0.1) is 5.92 Å². The Kier molecular flexibility index (Phi) is 6.95. The Balaban J connectivity index is 2.73. The minimum absolute atomic E-state index is 0.0551. The second-order valence-electron chi connectivity index (χ2n) is 5.09. The summed E-state index contributed by atoms with van der Waals surface area (Å²) in [7, 11) is 0. The van der Waals surface area contributed by atoms with Crippen LogP contribution in [0.25, 0.3) is 0 Å². The largest absolute Gasteiger partial charge is 0.481 e. The van der Waals surface area contributed by atoms with Crippen LogP contribution in [0.2, 0.25) is 0 Å². The first-order valence-electron chi connectivity index (χ1n) is 7.37. The molecule has 1 amide bonds. The molecule has 1 fully saturated rings. The van der Waals surface area contributed by atoms with Crippen LogP contribution in [-0.2, 0) is 14.3 Å². The van der Waals surface area contributed by atoms with Gasteiger partial charge in [0.05, 0.1) is 25.7 Å². The summed E-state index contributed by atoms with van der Waals surface area (Å²) < 4.78 is 5.31. The molecule has 0 aromatic carbocycles. The predicted molar refractivity (Wildman–Crippen MR) is 75.5 cm³/mol. The smallest absolute Gasteiger partial charge is 0.310 e. The number of nitrogens with zero attached hydrogens (tertiary/aromatic N) is 2. The summed E-state index contributed by atoms with van der Waals surface area (Å²) in [5.74, 6) is -1.32. The lowest BCUT2D eigenvalue weighted by Gasteiger charge is -2.31. The van der Waals surface area contributed by atoms with E-state index in [9.17, 15) is 14.7 Å². The molecule has 0 spiro atoms. The zero-order valence-corrected chi connectivity index (χ0v) is 12.7. The van der Waals surface area contributed by atoms with Crippen LogP contribution in [-0.4, -0.2) is 72.2 Å². The van der Waals surface area contributed by atoms with Gasteiger partial charge in [0.2, 0.25) is 5.91 Å². The molecule has 0 aromatic heterocycles. The molecule has 2 atom stereocenters. The maximum absolute atomic E-state index is 12.2. The zero-order chi connectivity index (χ0) is 15.1. The highest BCUT2D eigenvalue weighted by Crippen LogP contribution is 2.20. The average Bonchev–Trinajstić information content (AvgIpc) is 2.89. The summed E-state index contributed by atoms with van der Waals surface area (Å²) in [6.45, 7) is 8.90. The molecule has 1 N–H and O–H groups in total. The molecule has 1 heterocycles. The second kappa shape index (κ2) is 8.21. The molecule has 1 aliphatic heterocycles. The van der Waals surface area contributed by atoms with Crippen LogP contribution in [0.15, 0.2) is 0 Å². The van der Waals surface area contributed by atoms with Crippen molar-refractivity contribution in [1.82, 2.24) is 9.80 Å². The Hall–Kier alpha value is -1.14. The molecule has 20 heavy (non-hydrogen) atoms. The number of rotatable bonds is 8. The third-order valence-electron chi connectivity index (χ3n) is 3.80. The lowest BCUT2D eigenvalue weighted by atomic mass is 10.0. The Morgan fingerprint density at radius 1 is 1.20 bits per heavy atom. The van der Waals surface area contributed by atoms with Gasteiger partial charge in [-0.2, -0.15) is 0 Å². The van der Waals surface area contributed by atoms with Crippen molar-refractivity contribution in [3.8, 4) is 0 Å². The van der Waals surface area contributed by atoms with Gasteiger partial charge in [-0.05, 0) is 26.8 Å². The molecule has 116 valence electrons. The van der Waals surface area contributed by atoms with Crippen molar-refractivity contribution in [2.45, 2.75) is 33.2 Å². The fourth-order valence-electron chi connectivity index (χ4n) is 2.64. The normalized spacial score (nSPS) is 22.2. The molecular formula is C14H26N2O4. The summed E-state index contributed by atoms with van der Waals surface area (Å²) in [4.78, 5) is 27.2. The summed E-state index contributed by atoms with van der Waals surface area (Å²) in [5, 5.41) is 9.23. The Labute approximate surface area is 120 Å². The number of hydrogen-bond donors (Lipinski definition) is 1. The van der Waals surface area contributed by atoms with Crippen molar-refractivity contribution in [1.29, 1.82) is 0 Å². The molecule has 6 heteroatoms. The van der Waals surface area contributed by atoms with Gasteiger partial charge in [0, 0.05) is 19.1 Å². The number of likely N-dealkylation sites (N-methyl/N-ethyl adjacent to an activating group) is 1. The van der Waals surface area contributed by atoms with Gasteiger partial charge in [0.15, 0.2) is 0 Å². The number of aliphatic carboxylic acids is 1. The van der Waals surface area contributed by atoms with E-state index in [2.05, 4.69) is 0 Å². The van der Waals surface area contributed by atoms with E-state index in [0.29, 0.717) is 26.2 Å². The van der Waals surface area contributed by atoms with Crippen LogP contribution < -0.4 is 0 Å². The van der Waals surface area contributed by atoms with Crippen LogP contribution in [0.4, 0.5) is 0 Å². The van der Waals surface area contributed by atoms with Gasteiger partial charge in [-0.25, -0.2) is 0 Å². The zero-order valence-electron chi connectivity index (χ0n) is 12.7. The predicted octanol–water partition coefficient (Wildman–Crippen LogP) is 0.666. The van der Waals surface area contributed by atoms with Crippen molar-refractivity contribution in [3.05, 3.63) is 0 Å². The van der Waals surface area contributed by atoms with Gasteiger partial charge in [-0.3, -0.25) is 14.5 Å². The van der Waals surface area contributed by atoms with E-state index in [4.69, 9.17) is 4.74 Å². The van der Waals surface area contributed by atoms with Crippen molar-refractivity contribution >= 4 is 11.9 Å². The van der Waals surface area contributed by atoms with Crippen molar-refractivity contribution in [2.75, 3.05) is 39.4 Å². The van der Waals surface area contributed by atoms with Gasteiger partial charge in [0.1, 0.15) is 0 Å². The number of carbonyl (C=O) groups is 2. The fourth-order valence-corrected chi connectivity index (χ4v) is 2.64. The van der Waals surface area contributed by atoms with Crippen molar-refractivity contribution in [2.24, 2.45) is 5.92 Å². The lowest BCUT2D eigenvalue weighted by Crippen LogP contribution is -2.49. The molecule has 2 unspecified atom stereocenters. The molecule has 0 bridgehead atoms. The van der Waals surface area contributed by atoms with E-state index < -0.39 is 11.9 Å². The Morgan fingerprint density at radius 3 is 2.35 bits per heavy atom. The maximum atomic E-state index is 12.2. The standard InChI is InChI=1S/C14H26N2O4/c1-4-7-16(8-13(17)15(5-2)6-3)12-10-20-9-11(12)14(18)19/h11-12H,4-10H2,1-3H3,(H,18,19). The molecule has 0 aromatic rings. The van der Waals surface area contributed by atoms with Gasteiger partial charge in [0.25, 0.3) is 0 Å². The minimum Gasteiger partial charge on any atom is -0.481 e. The minimum atomic E-state index is -0.844. The Morgan fingerprint density at radius 2 is 1.85 bits per heavy atom. The topological polar surface area (TPSA) is 70.1 Å². The summed E-state index contributed by atoms with van der Waals surface area (Å²) in [5.41, 5.74) is 0. The van der Waals surface area contributed by atoms with E-state index in [1.807, 2.05) is 25.7 Å². The first-order chi connectivity index (χ1) is 9.54. The van der Waals surface area contributed by atoms with Gasteiger partial charge < -0.3 is 14.7 Å². The average molecular weight is 286 g/mol. The fraction of sp³-hybridized carbons (Fsp3) is 0.857. The van der Waals surface area contributed by atoms with E-state index in [1.165, 1.54) is 0 Å². The number of carboxylic acid groups (broad SMARTS) is 1. The molecule has 1 aliphatic rings. The number of hydrogen-bond acceptors (Lipinski definition) is 4. The van der Waals surface area contributed by atoms with E-state index in [0.717, 1.165) is 6.42 Å². The van der Waals surface area contributed by atoms with Crippen molar-refractivity contribution < 1.29 is 19.4 Å². The van der Waals surface area contributed by atoms with Crippen molar-refractivity contribution in [3.63, 3.8) is 0 Å². The Bertz CT molecular complexity index is 331. The molecule has 0 aliphatic carbocycles. The van der Waals surface area contributed by atoms with Crippen LogP contribution in [0.1, 0.15) is 27.2 Å². The van der Waals surface area contributed by atoms with E-state index in [1.54, 1.807) is 4.90 Å². The number of carboxylic acids is 1. The summed E-state index contributed by atoms with van der Waals surface area (Å²) in [6, 6.07) is -0.202. The van der Waals surface area contributed by atoms with E-state index >= 15 is 0 Å². The SMILES string of the molecule is CCCN(CC(=O)N(CC)CC)C1COCC1C(=O)O. The molecule has 1 saturated heterocycles.